The lowest BCUT2D eigenvalue weighted by Crippen LogP contribution is -2.23. The van der Waals surface area contributed by atoms with Gasteiger partial charge in [0.25, 0.3) is 5.56 Å². The van der Waals surface area contributed by atoms with E-state index in [1.54, 1.807) is 13.8 Å². The minimum absolute atomic E-state index is 0.0387. The van der Waals surface area contributed by atoms with Crippen molar-refractivity contribution in [1.82, 2.24) is 19.1 Å². The summed E-state index contributed by atoms with van der Waals surface area (Å²) in [7, 11) is 0. The van der Waals surface area contributed by atoms with Crippen molar-refractivity contribution in [1.29, 1.82) is 0 Å². The van der Waals surface area contributed by atoms with Crippen molar-refractivity contribution in [2.45, 2.75) is 26.9 Å². The van der Waals surface area contributed by atoms with E-state index in [4.69, 9.17) is 4.74 Å². The molecule has 0 bridgehead atoms. The number of carbonyl (C=O) groups is 1. The fourth-order valence-corrected chi connectivity index (χ4v) is 3.49. The van der Waals surface area contributed by atoms with E-state index in [9.17, 15) is 18.4 Å². The largest absolute Gasteiger partial charge is 0.462 e. The molecule has 0 amide bonds. The zero-order valence-corrected chi connectivity index (χ0v) is 14.2. The van der Waals surface area contributed by atoms with Crippen LogP contribution in [0.5, 0.6) is 0 Å². The molecule has 0 aliphatic carbocycles. The second kappa shape index (κ2) is 6.71. The number of thiophene rings is 1. The van der Waals surface area contributed by atoms with Crippen LogP contribution < -0.4 is 5.56 Å². The Bertz CT molecular complexity index is 992. The molecule has 0 radical (unpaired) electrons. The average Bonchev–Trinajstić information content (AvgIpc) is 3.15. The maximum absolute atomic E-state index is 12.9. The number of hydrogen-bond donors (Lipinski definition) is 0. The molecule has 0 atom stereocenters. The summed E-state index contributed by atoms with van der Waals surface area (Å²) < 4.78 is 32.7. The zero-order valence-electron chi connectivity index (χ0n) is 13.4. The van der Waals surface area contributed by atoms with Crippen LogP contribution in [-0.2, 0) is 11.3 Å². The molecule has 0 saturated heterocycles. The summed E-state index contributed by atoms with van der Waals surface area (Å²) in [5, 5.41) is 0.283. The summed E-state index contributed by atoms with van der Waals surface area (Å²) in [5.74, 6) is -0.473. The van der Waals surface area contributed by atoms with E-state index in [1.807, 2.05) is 0 Å². The zero-order chi connectivity index (χ0) is 18.1. The van der Waals surface area contributed by atoms with Gasteiger partial charge in [-0.15, -0.1) is 11.3 Å². The predicted octanol–water partition coefficient (Wildman–Crippen LogP) is 2.58. The highest BCUT2D eigenvalue weighted by Gasteiger charge is 2.21. The molecule has 3 aromatic rings. The molecule has 0 saturated carbocycles. The molecule has 10 heteroatoms. The first kappa shape index (κ1) is 17.2. The number of aryl methyl sites for hydroxylation is 1. The van der Waals surface area contributed by atoms with Gasteiger partial charge in [-0.05, 0) is 19.4 Å². The number of fused-ring (bicyclic) bond motifs is 1. The molecule has 3 heterocycles. The van der Waals surface area contributed by atoms with Crippen LogP contribution in [0.4, 0.5) is 8.78 Å². The first-order valence-electron chi connectivity index (χ1n) is 7.39. The van der Waals surface area contributed by atoms with Gasteiger partial charge < -0.3 is 4.74 Å². The van der Waals surface area contributed by atoms with Crippen molar-refractivity contribution < 1.29 is 18.3 Å². The van der Waals surface area contributed by atoms with E-state index in [1.165, 1.54) is 17.1 Å². The predicted molar refractivity (Wildman–Crippen MR) is 87.2 cm³/mol. The summed E-state index contributed by atoms with van der Waals surface area (Å²) in [6, 6.07) is 0. The Hall–Kier alpha value is -2.62. The summed E-state index contributed by atoms with van der Waals surface area (Å²) in [4.78, 5) is 33.4. The Morgan fingerprint density at radius 1 is 1.40 bits per heavy atom. The third-order valence-corrected chi connectivity index (χ3v) is 4.83. The van der Waals surface area contributed by atoms with Crippen molar-refractivity contribution >= 4 is 27.5 Å². The van der Waals surface area contributed by atoms with Gasteiger partial charge in [-0.1, -0.05) is 0 Å². The van der Waals surface area contributed by atoms with Gasteiger partial charge in [0.2, 0.25) is 0 Å². The van der Waals surface area contributed by atoms with Crippen LogP contribution in [0.25, 0.3) is 10.2 Å². The molecule has 3 aromatic heterocycles. The summed E-state index contributed by atoms with van der Waals surface area (Å²) in [6.07, 6.45) is 3.65. The lowest BCUT2D eigenvalue weighted by atomic mass is 10.2. The van der Waals surface area contributed by atoms with Crippen molar-refractivity contribution in [2.24, 2.45) is 0 Å². The second-order valence-corrected chi connectivity index (χ2v) is 6.16. The van der Waals surface area contributed by atoms with Crippen molar-refractivity contribution in [3.05, 3.63) is 45.3 Å². The molecule has 0 N–H and O–H groups in total. The second-order valence-electron chi connectivity index (χ2n) is 5.16. The molecular formula is C15H14F2N4O3S. The maximum Gasteiger partial charge on any atom is 0.348 e. The third kappa shape index (κ3) is 3.04. The van der Waals surface area contributed by atoms with Crippen LogP contribution in [0, 0.1) is 6.92 Å². The van der Waals surface area contributed by atoms with Crippen LogP contribution in [0.3, 0.4) is 0 Å². The Balaban J connectivity index is 2.05. The SMILES string of the molecule is CCOC(=O)c1sc2ncn(Cc3nccn3C(F)F)c(=O)c2c1C. The number of carbonyl (C=O) groups excluding carboxylic acids is 1. The highest BCUT2D eigenvalue weighted by Crippen LogP contribution is 2.27. The highest BCUT2D eigenvalue weighted by atomic mass is 32.1. The van der Waals surface area contributed by atoms with Gasteiger partial charge >= 0.3 is 12.5 Å². The normalized spacial score (nSPS) is 11.4. The molecule has 132 valence electrons. The quantitative estimate of drug-likeness (QED) is 0.647. The van der Waals surface area contributed by atoms with Crippen LogP contribution in [0.15, 0.2) is 23.5 Å². The van der Waals surface area contributed by atoms with E-state index in [0.717, 1.165) is 17.5 Å². The first-order valence-corrected chi connectivity index (χ1v) is 8.21. The Kier molecular flexibility index (Phi) is 4.62. The Morgan fingerprint density at radius 2 is 2.16 bits per heavy atom. The van der Waals surface area contributed by atoms with E-state index in [2.05, 4.69) is 9.97 Å². The van der Waals surface area contributed by atoms with Gasteiger partial charge in [0.05, 0.1) is 24.9 Å². The molecule has 0 aliphatic heterocycles. The van der Waals surface area contributed by atoms with Crippen molar-refractivity contribution in [3.63, 3.8) is 0 Å². The minimum Gasteiger partial charge on any atom is -0.462 e. The minimum atomic E-state index is -2.75. The number of aromatic nitrogens is 4. The van der Waals surface area contributed by atoms with Gasteiger partial charge in [-0.25, -0.2) is 14.8 Å². The van der Waals surface area contributed by atoms with Crippen LogP contribution in [-0.4, -0.2) is 31.7 Å². The van der Waals surface area contributed by atoms with Gasteiger partial charge in [0.15, 0.2) is 0 Å². The van der Waals surface area contributed by atoms with Gasteiger partial charge in [0.1, 0.15) is 15.5 Å². The van der Waals surface area contributed by atoms with E-state index in [-0.39, 0.29) is 24.4 Å². The number of rotatable bonds is 5. The molecule has 0 unspecified atom stereocenters. The Labute approximate surface area is 144 Å². The summed E-state index contributed by atoms with van der Waals surface area (Å²) in [6.45, 7) is 0.655. The average molecular weight is 368 g/mol. The number of imidazole rings is 1. The number of halogens is 2. The van der Waals surface area contributed by atoms with Crippen LogP contribution >= 0.6 is 11.3 Å². The molecule has 0 aliphatic rings. The van der Waals surface area contributed by atoms with Crippen LogP contribution in [0.1, 0.15) is 34.5 Å². The van der Waals surface area contributed by atoms with E-state index >= 15 is 0 Å². The molecule has 3 rings (SSSR count). The molecule has 7 nitrogen and oxygen atoms in total. The smallest absolute Gasteiger partial charge is 0.348 e. The van der Waals surface area contributed by atoms with Crippen molar-refractivity contribution in [3.8, 4) is 0 Å². The lowest BCUT2D eigenvalue weighted by molar-refractivity contribution is 0.0531. The van der Waals surface area contributed by atoms with Gasteiger partial charge in [-0.3, -0.25) is 13.9 Å². The first-order chi connectivity index (χ1) is 11.9. The lowest BCUT2D eigenvalue weighted by Gasteiger charge is -2.08. The fourth-order valence-electron chi connectivity index (χ4n) is 2.46. The number of hydrogen-bond acceptors (Lipinski definition) is 6. The van der Waals surface area contributed by atoms with E-state index < -0.39 is 18.1 Å². The van der Waals surface area contributed by atoms with Crippen LogP contribution in [0.2, 0.25) is 0 Å². The maximum atomic E-state index is 12.9. The molecule has 0 aromatic carbocycles. The monoisotopic (exact) mass is 368 g/mol. The highest BCUT2D eigenvalue weighted by molar-refractivity contribution is 7.20. The number of ether oxygens (including phenoxy) is 1. The topological polar surface area (TPSA) is 79.0 Å². The summed E-state index contributed by atoms with van der Waals surface area (Å²) >= 11 is 1.07. The molecular weight excluding hydrogens is 354 g/mol. The molecule has 0 fully saturated rings. The number of esters is 1. The van der Waals surface area contributed by atoms with Crippen molar-refractivity contribution in [2.75, 3.05) is 6.61 Å². The van der Waals surface area contributed by atoms with E-state index in [0.29, 0.717) is 19.8 Å². The van der Waals surface area contributed by atoms with Gasteiger partial charge in [-0.2, -0.15) is 8.78 Å². The van der Waals surface area contributed by atoms with Gasteiger partial charge in [0, 0.05) is 12.4 Å². The third-order valence-electron chi connectivity index (χ3n) is 3.65. The fraction of sp³-hybridized carbons (Fsp3) is 0.333. The molecule has 0 spiro atoms. The Morgan fingerprint density at radius 3 is 2.84 bits per heavy atom. The standard InChI is InChI=1S/C15H14F2N4O3S/c1-3-24-14(23)11-8(2)10-12(25-11)19-7-20(13(10)22)6-9-18-4-5-21(9)15(16)17/h4-5,7,15H,3,6H2,1-2H3. The number of alkyl halides is 2. The molecule has 25 heavy (non-hydrogen) atoms. The summed E-state index contributed by atoms with van der Waals surface area (Å²) in [5.41, 5.74) is 0.0561. The number of nitrogens with zero attached hydrogens (tertiary/aromatic N) is 4.